The lowest BCUT2D eigenvalue weighted by atomic mass is 9.48. The van der Waals surface area contributed by atoms with Crippen molar-refractivity contribution >= 4 is 23.2 Å². The topological polar surface area (TPSA) is 45.2 Å². The smallest absolute Gasteiger partial charge is 0.246 e. The Labute approximate surface area is 179 Å². The fourth-order valence-corrected chi connectivity index (χ4v) is 7.83. The van der Waals surface area contributed by atoms with E-state index in [-0.39, 0.29) is 11.3 Å². The highest BCUT2D eigenvalue weighted by atomic mass is 35.5. The molecule has 29 heavy (non-hydrogen) atoms. The van der Waals surface area contributed by atoms with Gasteiger partial charge < -0.3 is 10.2 Å². The number of nitrogens with zero attached hydrogens (tertiary/aromatic N) is 2. The van der Waals surface area contributed by atoms with Crippen molar-refractivity contribution in [3.8, 4) is 0 Å². The lowest BCUT2D eigenvalue weighted by Gasteiger charge is -2.60. The average Bonchev–Trinajstić information content (AvgIpc) is 3.03. The summed E-state index contributed by atoms with van der Waals surface area (Å²) in [6.07, 6.45) is 13.2. The van der Waals surface area contributed by atoms with Crippen LogP contribution < -0.4 is 5.32 Å². The Hall–Kier alpha value is -1.55. The number of fused-ring (bicyclic) bond motifs is 5. The van der Waals surface area contributed by atoms with E-state index < -0.39 is 0 Å². The number of anilines is 1. The molecule has 5 rings (SSSR count). The summed E-state index contributed by atoms with van der Waals surface area (Å²) in [5, 5.41) is 4.33. The van der Waals surface area contributed by atoms with E-state index in [1.807, 2.05) is 30.2 Å². The molecule has 0 aromatic carbocycles. The molecule has 1 N–H and O–H groups in total. The number of hydrogen-bond donors (Lipinski definition) is 1. The molecule has 5 heteroatoms. The number of carbonyl (C=O) groups is 1. The van der Waals surface area contributed by atoms with Crippen LogP contribution in [0.3, 0.4) is 0 Å². The van der Waals surface area contributed by atoms with E-state index in [9.17, 15) is 4.79 Å². The van der Waals surface area contributed by atoms with Crippen LogP contribution >= 0.6 is 11.6 Å². The number of aromatic nitrogens is 1. The molecule has 0 radical (unpaired) electrons. The van der Waals surface area contributed by atoms with E-state index >= 15 is 0 Å². The van der Waals surface area contributed by atoms with Gasteiger partial charge in [0.05, 0.1) is 5.69 Å². The summed E-state index contributed by atoms with van der Waals surface area (Å²) in [4.78, 5) is 18.5. The fourth-order valence-electron chi connectivity index (χ4n) is 7.66. The number of likely N-dealkylation sites (N-methyl/N-ethyl adjacent to an activating group) is 1. The molecule has 4 nitrogen and oxygen atoms in total. The van der Waals surface area contributed by atoms with Gasteiger partial charge in [0.15, 0.2) is 5.15 Å². The summed E-state index contributed by atoms with van der Waals surface area (Å²) in [5.41, 5.74) is 1.38. The fraction of sp³-hybridized carbons (Fsp3) is 0.667. The van der Waals surface area contributed by atoms with Gasteiger partial charge in [-0.1, -0.05) is 31.5 Å². The molecular formula is C24H32ClN3O. The van der Waals surface area contributed by atoms with Gasteiger partial charge in [-0.3, -0.25) is 4.79 Å². The number of hydrogen-bond acceptors (Lipinski definition) is 3. The zero-order valence-corrected chi connectivity index (χ0v) is 18.5. The molecule has 7 atom stereocenters. The van der Waals surface area contributed by atoms with Crippen molar-refractivity contribution < 1.29 is 4.79 Å². The summed E-state index contributed by atoms with van der Waals surface area (Å²) in [5.74, 6) is 2.33. The SMILES string of the molecule is CN1C(=O)C=C[C@]2(C)[C@H]3CC[C@]4(C)[C@@H](Nc5cccnc5Cl)CC[C@H]4[C@@H]3CC[C@@H]12. The Morgan fingerprint density at radius 3 is 2.79 bits per heavy atom. The molecule has 3 fully saturated rings. The van der Waals surface area contributed by atoms with E-state index in [2.05, 4.69) is 30.2 Å². The van der Waals surface area contributed by atoms with E-state index in [1.165, 1.54) is 32.1 Å². The Morgan fingerprint density at radius 1 is 1.17 bits per heavy atom. The van der Waals surface area contributed by atoms with Crippen molar-refractivity contribution in [2.75, 3.05) is 12.4 Å². The summed E-state index contributed by atoms with van der Waals surface area (Å²) < 4.78 is 0. The minimum absolute atomic E-state index is 0.116. The predicted molar refractivity (Wildman–Crippen MR) is 117 cm³/mol. The van der Waals surface area contributed by atoms with Gasteiger partial charge in [-0.15, -0.1) is 0 Å². The molecule has 2 heterocycles. The first-order valence-corrected chi connectivity index (χ1v) is 11.6. The Balaban J connectivity index is 1.41. The highest BCUT2D eigenvalue weighted by Gasteiger charge is 2.60. The van der Waals surface area contributed by atoms with Crippen molar-refractivity contribution in [3.05, 3.63) is 35.6 Å². The standard InChI is InChI=1S/C24H32ClN3O/c1-23-12-10-17-15(6-9-20-24(17,2)13-11-21(29)28(20)3)16(23)7-8-19(23)27-18-5-4-14-26-22(18)25/h4-5,11,13-17,19-20,27H,6-10,12H2,1-3H3/t15-,16-,17-,19-,20+,23-,24+/m0/s1. The summed E-state index contributed by atoms with van der Waals surface area (Å²) in [6, 6.07) is 4.81. The van der Waals surface area contributed by atoms with Crippen LogP contribution in [0.2, 0.25) is 5.15 Å². The van der Waals surface area contributed by atoms with Gasteiger partial charge in [-0.05, 0) is 79.9 Å². The number of amides is 1. The van der Waals surface area contributed by atoms with Gasteiger partial charge in [-0.2, -0.15) is 0 Å². The predicted octanol–water partition coefficient (Wildman–Crippen LogP) is 5.15. The summed E-state index contributed by atoms with van der Waals surface area (Å²) >= 11 is 6.34. The molecule has 0 spiro atoms. The molecule has 4 aliphatic rings. The van der Waals surface area contributed by atoms with Gasteiger partial charge in [-0.25, -0.2) is 4.98 Å². The van der Waals surface area contributed by atoms with Gasteiger partial charge in [0.25, 0.3) is 0 Å². The van der Waals surface area contributed by atoms with Crippen molar-refractivity contribution in [1.82, 2.24) is 9.88 Å². The van der Waals surface area contributed by atoms with Crippen molar-refractivity contribution in [1.29, 1.82) is 0 Å². The molecule has 1 aliphatic heterocycles. The maximum absolute atomic E-state index is 12.2. The Morgan fingerprint density at radius 2 is 2.00 bits per heavy atom. The van der Waals surface area contributed by atoms with Gasteiger partial charge in [0, 0.05) is 30.7 Å². The average molecular weight is 414 g/mol. The summed E-state index contributed by atoms with van der Waals surface area (Å²) in [7, 11) is 2.00. The van der Waals surface area contributed by atoms with Crippen molar-refractivity contribution in [2.45, 2.75) is 64.5 Å². The minimum Gasteiger partial charge on any atom is -0.379 e. The molecule has 0 unspecified atom stereocenters. The zero-order chi connectivity index (χ0) is 20.4. The number of nitrogens with one attached hydrogen (secondary N) is 1. The molecule has 156 valence electrons. The highest BCUT2D eigenvalue weighted by Crippen LogP contribution is 2.64. The van der Waals surface area contributed by atoms with Crippen LogP contribution in [0.1, 0.15) is 52.4 Å². The lowest BCUT2D eigenvalue weighted by molar-refractivity contribution is -0.138. The second kappa shape index (κ2) is 6.73. The van der Waals surface area contributed by atoms with Gasteiger partial charge >= 0.3 is 0 Å². The third kappa shape index (κ3) is 2.78. The Kier molecular flexibility index (Phi) is 4.51. The maximum atomic E-state index is 12.2. The van der Waals surface area contributed by atoms with Crippen LogP contribution in [-0.4, -0.2) is 34.9 Å². The molecule has 0 saturated heterocycles. The van der Waals surface area contributed by atoms with Crippen LogP contribution in [-0.2, 0) is 4.79 Å². The third-order valence-electron chi connectivity index (χ3n) is 9.22. The molecule has 3 aliphatic carbocycles. The zero-order valence-electron chi connectivity index (χ0n) is 17.7. The van der Waals surface area contributed by atoms with E-state index in [0.717, 1.165) is 23.9 Å². The van der Waals surface area contributed by atoms with Crippen molar-refractivity contribution in [2.24, 2.45) is 28.6 Å². The Bertz CT molecular complexity index is 856. The van der Waals surface area contributed by atoms with Gasteiger partial charge in [0.1, 0.15) is 0 Å². The van der Waals surface area contributed by atoms with E-state index in [0.29, 0.717) is 28.6 Å². The number of pyridine rings is 1. The first-order chi connectivity index (χ1) is 13.8. The summed E-state index contributed by atoms with van der Waals surface area (Å²) in [6.45, 7) is 4.92. The molecule has 0 bridgehead atoms. The number of carbonyl (C=O) groups excluding carboxylic acids is 1. The van der Waals surface area contributed by atoms with Crippen LogP contribution in [0, 0.1) is 28.6 Å². The number of rotatable bonds is 2. The largest absolute Gasteiger partial charge is 0.379 e. The van der Waals surface area contributed by atoms with Crippen LogP contribution in [0.5, 0.6) is 0 Å². The maximum Gasteiger partial charge on any atom is 0.246 e. The third-order valence-corrected chi connectivity index (χ3v) is 9.52. The van der Waals surface area contributed by atoms with Gasteiger partial charge in [0.2, 0.25) is 5.91 Å². The second-order valence-electron chi connectivity index (χ2n) is 10.3. The first-order valence-electron chi connectivity index (χ1n) is 11.2. The molecule has 1 aromatic heterocycles. The van der Waals surface area contributed by atoms with E-state index in [4.69, 9.17) is 11.6 Å². The number of halogens is 1. The van der Waals surface area contributed by atoms with Crippen LogP contribution in [0.25, 0.3) is 0 Å². The van der Waals surface area contributed by atoms with E-state index in [1.54, 1.807) is 6.20 Å². The highest BCUT2D eigenvalue weighted by molar-refractivity contribution is 6.31. The first kappa shape index (κ1) is 19.4. The lowest BCUT2D eigenvalue weighted by Crippen LogP contribution is -2.60. The normalized spacial score (nSPS) is 43.5. The molecular weight excluding hydrogens is 382 g/mol. The second-order valence-corrected chi connectivity index (χ2v) is 10.6. The van der Waals surface area contributed by atoms with Crippen LogP contribution in [0.15, 0.2) is 30.5 Å². The minimum atomic E-state index is 0.116. The van der Waals surface area contributed by atoms with Crippen LogP contribution in [0.4, 0.5) is 5.69 Å². The van der Waals surface area contributed by atoms with Crippen molar-refractivity contribution in [3.63, 3.8) is 0 Å². The molecule has 1 aromatic rings. The monoisotopic (exact) mass is 413 g/mol. The molecule has 3 saturated carbocycles. The quantitative estimate of drug-likeness (QED) is 0.681. The molecule has 1 amide bonds.